The molecule has 8 aromatic rings. The summed E-state index contributed by atoms with van der Waals surface area (Å²) in [6.45, 7) is 43.5. The summed E-state index contributed by atoms with van der Waals surface area (Å²) in [6.07, 6.45) is 1.93. The number of para-hydroxylation sites is 1. The Balaban J connectivity index is 0.00000693. The summed E-state index contributed by atoms with van der Waals surface area (Å²) in [5, 5.41) is 2.22. The van der Waals surface area contributed by atoms with E-state index in [9.17, 15) is 0 Å². The van der Waals surface area contributed by atoms with Gasteiger partial charge in [-0.3, -0.25) is 0 Å². The van der Waals surface area contributed by atoms with Gasteiger partial charge in [0.2, 0.25) is 0 Å². The number of ether oxygens (including phenoxy) is 1. The Labute approximate surface area is 446 Å². The SMILES string of the molecule is CC(C)(C)c1cc(-c2ccc3c(c2)c2ccc(Oc4[c-]c(N5[CH-]N(c6cc(C(C)(C)C)cc(C(C)(C)C)c6)c6c5cccc6C(C)(C)C)ccc4)[c-]c2n3-c2cc(C(C)(C)C)ccn2)cc(C(C)(C)C)c1.[Pt]. The fourth-order valence-corrected chi connectivity index (χ4v) is 9.65. The van der Waals surface area contributed by atoms with Gasteiger partial charge in [0.15, 0.2) is 0 Å². The number of aromatic nitrogens is 2. The first-order valence-electron chi connectivity index (χ1n) is 25.5. The van der Waals surface area contributed by atoms with Gasteiger partial charge in [-0.05, 0) is 119 Å². The van der Waals surface area contributed by atoms with E-state index < -0.39 is 0 Å². The van der Waals surface area contributed by atoms with Crippen molar-refractivity contribution in [2.24, 2.45) is 0 Å². The number of fused-ring (bicyclic) bond motifs is 4. The van der Waals surface area contributed by atoms with E-state index in [0.717, 1.165) is 44.7 Å². The smallest absolute Gasteiger partial charge is 0.135 e. The van der Waals surface area contributed by atoms with Crippen molar-refractivity contribution in [1.82, 2.24) is 9.55 Å². The molecule has 2 aromatic heterocycles. The minimum atomic E-state index is -0.105. The van der Waals surface area contributed by atoms with Gasteiger partial charge in [-0.25, -0.2) is 4.98 Å². The Morgan fingerprint density at radius 2 is 1.04 bits per heavy atom. The number of anilines is 4. The summed E-state index contributed by atoms with van der Waals surface area (Å²) in [7, 11) is 0. The number of nitrogens with zero attached hydrogens (tertiary/aromatic N) is 4. The number of rotatable bonds is 6. The third-order valence-corrected chi connectivity index (χ3v) is 14.2. The van der Waals surface area contributed by atoms with Crippen molar-refractivity contribution in [1.29, 1.82) is 0 Å². The van der Waals surface area contributed by atoms with Crippen LogP contribution >= 0.6 is 0 Å². The average molecular weight is 1140 g/mol. The first-order valence-corrected chi connectivity index (χ1v) is 25.5. The summed E-state index contributed by atoms with van der Waals surface area (Å²) in [5.74, 6) is 2.06. The molecule has 378 valence electrons. The van der Waals surface area contributed by atoms with E-state index in [1.54, 1.807) is 0 Å². The van der Waals surface area contributed by atoms with Gasteiger partial charge in [0.05, 0.1) is 0 Å². The van der Waals surface area contributed by atoms with E-state index in [-0.39, 0.29) is 53.6 Å². The van der Waals surface area contributed by atoms with Crippen LogP contribution in [0.1, 0.15) is 158 Å². The molecule has 0 N–H and O–H groups in total. The third kappa shape index (κ3) is 10.3. The van der Waals surface area contributed by atoms with Crippen molar-refractivity contribution >= 4 is 44.6 Å². The minimum absolute atomic E-state index is 0. The fraction of sp³-hybridized carbons (Fsp3) is 0.364. The molecule has 0 atom stereocenters. The average Bonchev–Trinajstić information content (AvgIpc) is 3.83. The molecule has 3 heterocycles. The normalized spacial score (nSPS) is 13.8. The number of pyridine rings is 1. The van der Waals surface area contributed by atoms with Crippen LogP contribution in [0.3, 0.4) is 0 Å². The van der Waals surface area contributed by atoms with E-state index in [4.69, 9.17) is 9.72 Å². The van der Waals surface area contributed by atoms with Crippen LogP contribution in [0.5, 0.6) is 11.5 Å². The predicted molar refractivity (Wildman–Crippen MR) is 302 cm³/mol. The Kier molecular flexibility index (Phi) is 13.4. The topological polar surface area (TPSA) is 33.5 Å². The molecule has 1 aliphatic rings. The van der Waals surface area contributed by atoms with E-state index in [0.29, 0.717) is 11.5 Å². The quantitative estimate of drug-likeness (QED) is 0.155. The molecular weight excluding hydrogens is 1060 g/mol. The largest absolute Gasteiger partial charge is 0.509 e. The Morgan fingerprint density at radius 1 is 0.472 bits per heavy atom. The Morgan fingerprint density at radius 3 is 1.62 bits per heavy atom. The number of benzene rings is 6. The van der Waals surface area contributed by atoms with E-state index in [1.165, 1.54) is 50.2 Å². The second-order valence-electron chi connectivity index (χ2n) is 26.2. The predicted octanol–water partition coefficient (Wildman–Crippen LogP) is 18.4. The van der Waals surface area contributed by atoms with Crippen LogP contribution in [0.4, 0.5) is 22.7 Å². The number of hydrogen-bond donors (Lipinski definition) is 0. The first kappa shape index (κ1) is 52.7. The first-order chi connectivity index (χ1) is 32.9. The molecular formula is C66H75N4OPt-3. The summed E-state index contributed by atoms with van der Waals surface area (Å²) >= 11 is 0. The van der Waals surface area contributed by atoms with Crippen molar-refractivity contribution in [3.63, 3.8) is 0 Å². The molecule has 0 saturated carbocycles. The zero-order chi connectivity index (χ0) is 51.4. The third-order valence-electron chi connectivity index (χ3n) is 14.2. The summed E-state index contributed by atoms with van der Waals surface area (Å²) in [4.78, 5) is 9.66. The van der Waals surface area contributed by atoms with E-state index >= 15 is 0 Å². The maximum atomic E-state index is 6.82. The molecule has 0 bridgehead atoms. The van der Waals surface area contributed by atoms with Gasteiger partial charge in [0.1, 0.15) is 5.82 Å². The van der Waals surface area contributed by atoms with Crippen molar-refractivity contribution in [3.8, 4) is 28.4 Å². The maximum absolute atomic E-state index is 6.82. The molecule has 0 saturated heterocycles. The molecule has 6 aromatic carbocycles. The molecule has 5 nitrogen and oxygen atoms in total. The molecule has 6 heteroatoms. The van der Waals surface area contributed by atoms with Gasteiger partial charge in [0.25, 0.3) is 0 Å². The zero-order valence-electron chi connectivity index (χ0n) is 46.1. The van der Waals surface area contributed by atoms with Gasteiger partial charge >= 0.3 is 0 Å². The second kappa shape index (κ2) is 18.4. The van der Waals surface area contributed by atoms with Gasteiger partial charge in [-0.2, -0.15) is 12.1 Å². The van der Waals surface area contributed by atoms with E-state index in [1.807, 2.05) is 18.3 Å². The van der Waals surface area contributed by atoms with Crippen LogP contribution in [0, 0.1) is 18.8 Å². The van der Waals surface area contributed by atoms with Crippen LogP contribution in [0.25, 0.3) is 38.8 Å². The minimum Gasteiger partial charge on any atom is -0.509 e. The van der Waals surface area contributed by atoms with Crippen LogP contribution in [-0.4, -0.2) is 9.55 Å². The molecule has 0 radical (unpaired) electrons. The molecule has 9 rings (SSSR count). The molecule has 0 spiro atoms. The summed E-state index contributed by atoms with van der Waals surface area (Å²) in [5.41, 5.74) is 16.3. The maximum Gasteiger partial charge on any atom is 0.135 e. The van der Waals surface area contributed by atoms with Crippen molar-refractivity contribution in [2.75, 3.05) is 9.80 Å². The van der Waals surface area contributed by atoms with Crippen molar-refractivity contribution in [2.45, 2.75) is 157 Å². The Hall–Kier alpha value is -5.64. The fourth-order valence-electron chi connectivity index (χ4n) is 9.65. The van der Waals surface area contributed by atoms with Crippen molar-refractivity contribution in [3.05, 3.63) is 174 Å². The van der Waals surface area contributed by atoms with Crippen molar-refractivity contribution < 1.29 is 25.8 Å². The molecule has 0 fully saturated rings. The molecule has 72 heavy (non-hydrogen) atoms. The van der Waals surface area contributed by atoms with Crippen LogP contribution < -0.4 is 14.5 Å². The number of hydrogen-bond acceptors (Lipinski definition) is 4. The van der Waals surface area contributed by atoms with Gasteiger partial charge in [-0.1, -0.05) is 179 Å². The second-order valence-corrected chi connectivity index (χ2v) is 26.2. The van der Waals surface area contributed by atoms with Crippen LogP contribution in [0.2, 0.25) is 0 Å². The summed E-state index contributed by atoms with van der Waals surface area (Å²) in [6, 6.07) is 50.0. The molecule has 1 aliphatic heterocycles. The van der Waals surface area contributed by atoms with Gasteiger partial charge < -0.3 is 19.1 Å². The Bertz CT molecular complexity index is 3270. The molecule has 0 amide bonds. The zero-order valence-corrected chi connectivity index (χ0v) is 48.4. The van der Waals surface area contributed by atoms with Gasteiger partial charge in [0, 0.05) is 61.3 Å². The van der Waals surface area contributed by atoms with Crippen LogP contribution in [0.15, 0.2) is 121 Å². The monoisotopic (exact) mass is 1130 g/mol. The molecule has 0 aliphatic carbocycles. The van der Waals surface area contributed by atoms with E-state index in [2.05, 4.69) is 261 Å². The van der Waals surface area contributed by atoms with Gasteiger partial charge in [-0.15, -0.1) is 48.1 Å². The molecule has 0 unspecified atom stereocenters. The standard InChI is InChI=1S/C66H75N4O.Pt/c1-61(2,3)44-29-30-67-59(38-44)70-56-28-25-42(43-31-45(62(4,5)6)34-46(32-43)63(7,8)9)33-54(56)53-27-26-52(40-58(53)70)71-51-22-19-21-49(39-51)68-41-69(60-55(66(16,17)18)23-20-24-57(60)68)50-36-47(64(10,11)12)35-48(37-50)65(13,14)15;/h19-38,41H,1-18H3;/q-3;. The summed E-state index contributed by atoms with van der Waals surface area (Å²) < 4.78 is 9.07. The van der Waals surface area contributed by atoms with Crippen LogP contribution in [-0.2, 0) is 53.6 Å².